The predicted molar refractivity (Wildman–Crippen MR) is 87.4 cm³/mol. The second-order valence-corrected chi connectivity index (χ2v) is 6.63. The van der Waals surface area contributed by atoms with Gasteiger partial charge in [-0.15, -0.1) is 0 Å². The summed E-state index contributed by atoms with van der Waals surface area (Å²) in [6.07, 6.45) is 1.04. The first-order valence-electron chi connectivity index (χ1n) is 7.98. The number of hydrogen-bond acceptors (Lipinski definition) is 4. The molecule has 120 valence electrons. The summed E-state index contributed by atoms with van der Waals surface area (Å²) in [5.74, 6) is -0.589. The van der Waals surface area contributed by atoms with Gasteiger partial charge in [-0.25, -0.2) is 0 Å². The number of carbonyl (C=O) groups excluding carboxylic acids is 3. The highest BCUT2D eigenvalue weighted by Gasteiger charge is 2.38. The highest BCUT2D eigenvalue weighted by Crippen LogP contribution is 2.35. The Hall–Kier alpha value is -2.59. The fraction of sp³-hybridized carbons (Fsp3) is 0.250. The summed E-state index contributed by atoms with van der Waals surface area (Å²) in [4.78, 5) is 37.2. The summed E-state index contributed by atoms with van der Waals surface area (Å²) in [5.41, 5.74) is 1.97. The van der Waals surface area contributed by atoms with E-state index in [0.717, 1.165) is 11.1 Å². The Morgan fingerprint density at radius 3 is 2.04 bits per heavy atom. The van der Waals surface area contributed by atoms with E-state index >= 15 is 0 Å². The Balaban J connectivity index is 1.87. The quantitative estimate of drug-likeness (QED) is 0.746. The lowest BCUT2D eigenvalue weighted by Crippen LogP contribution is -2.42. The Labute approximate surface area is 139 Å². The summed E-state index contributed by atoms with van der Waals surface area (Å²) >= 11 is 0. The summed E-state index contributed by atoms with van der Waals surface area (Å²) in [7, 11) is 0. The molecule has 0 aromatic heterocycles. The largest absolute Gasteiger partial charge is 0.382 e. The Morgan fingerprint density at radius 2 is 1.50 bits per heavy atom. The molecule has 24 heavy (non-hydrogen) atoms. The average Bonchev–Trinajstić information content (AvgIpc) is 2.58. The van der Waals surface area contributed by atoms with Crippen molar-refractivity contribution < 1.29 is 19.5 Å². The van der Waals surface area contributed by atoms with Gasteiger partial charge in [0.1, 0.15) is 5.60 Å². The van der Waals surface area contributed by atoms with E-state index in [0.29, 0.717) is 35.1 Å². The zero-order valence-corrected chi connectivity index (χ0v) is 13.3. The van der Waals surface area contributed by atoms with E-state index in [1.165, 1.54) is 6.92 Å². The Bertz CT molecular complexity index is 925. The summed E-state index contributed by atoms with van der Waals surface area (Å²) in [6.45, 7) is 1.38. The normalized spacial score (nSPS) is 21.8. The summed E-state index contributed by atoms with van der Waals surface area (Å²) < 4.78 is 0. The molecule has 2 aliphatic rings. The van der Waals surface area contributed by atoms with Gasteiger partial charge in [0.25, 0.3) is 0 Å². The van der Waals surface area contributed by atoms with Crippen molar-refractivity contribution in [3.63, 3.8) is 0 Å². The molecule has 1 unspecified atom stereocenters. The number of ketones is 3. The third-order valence-corrected chi connectivity index (χ3v) is 5.19. The molecule has 0 fully saturated rings. The molecule has 0 amide bonds. The fourth-order valence-electron chi connectivity index (χ4n) is 3.68. The topological polar surface area (TPSA) is 71.4 Å². The SMILES string of the molecule is CC(=O)C1(O)CCc2cc3c(cc2C1)C(=O)c1ccccc1C3=O. The lowest BCUT2D eigenvalue weighted by atomic mass is 9.74. The van der Waals surface area contributed by atoms with Crippen molar-refractivity contribution in [1.29, 1.82) is 0 Å². The highest BCUT2D eigenvalue weighted by molar-refractivity contribution is 6.28. The maximum absolute atomic E-state index is 12.8. The molecule has 0 bridgehead atoms. The van der Waals surface area contributed by atoms with Crippen molar-refractivity contribution >= 4 is 17.3 Å². The van der Waals surface area contributed by atoms with E-state index in [-0.39, 0.29) is 23.8 Å². The number of rotatable bonds is 1. The van der Waals surface area contributed by atoms with E-state index in [4.69, 9.17) is 0 Å². The van der Waals surface area contributed by atoms with Crippen LogP contribution < -0.4 is 0 Å². The standard InChI is InChI=1S/C20H16O4/c1-11(21)20(24)7-6-12-8-16-17(9-13(12)10-20)19(23)15-5-3-2-4-14(15)18(16)22/h2-5,8-9,24H,6-7,10H2,1H3. The average molecular weight is 320 g/mol. The van der Waals surface area contributed by atoms with Crippen LogP contribution in [0.2, 0.25) is 0 Å². The maximum Gasteiger partial charge on any atom is 0.194 e. The minimum Gasteiger partial charge on any atom is -0.382 e. The molecule has 2 aromatic rings. The first-order valence-corrected chi connectivity index (χ1v) is 7.98. The smallest absolute Gasteiger partial charge is 0.194 e. The predicted octanol–water partition coefficient (Wildman–Crippen LogP) is 2.27. The Morgan fingerprint density at radius 1 is 0.958 bits per heavy atom. The van der Waals surface area contributed by atoms with Crippen molar-refractivity contribution in [3.8, 4) is 0 Å². The van der Waals surface area contributed by atoms with E-state index < -0.39 is 5.60 Å². The minimum atomic E-state index is -1.37. The zero-order chi connectivity index (χ0) is 17.1. The van der Waals surface area contributed by atoms with Gasteiger partial charge in [-0.3, -0.25) is 14.4 Å². The minimum absolute atomic E-state index is 0.143. The number of aliphatic hydroxyl groups is 1. The van der Waals surface area contributed by atoms with Crippen molar-refractivity contribution in [1.82, 2.24) is 0 Å². The lowest BCUT2D eigenvalue weighted by Gasteiger charge is -2.32. The molecular weight excluding hydrogens is 304 g/mol. The van der Waals surface area contributed by atoms with Crippen LogP contribution in [0.25, 0.3) is 0 Å². The van der Waals surface area contributed by atoms with E-state index in [2.05, 4.69) is 0 Å². The molecule has 2 aliphatic carbocycles. The highest BCUT2D eigenvalue weighted by atomic mass is 16.3. The lowest BCUT2D eigenvalue weighted by molar-refractivity contribution is -0.136. The van der Waals surface area contributed by atoms with Crippen molar-refractivity contribution in [2.24, 2.45) is 0 Å². The van der Waals surface area contributed by atoms with Crippen molar-refractivity contribution in [2.45, 2.75) is 31.8 Å². The van der Waals surface area contributed by atoms with E-state index in [1.807, 2.05) is 0 Å². The molecule has 0 heterocycles. The van der Waals surface area contributed by atoms with Crippen LogP contribution in [0.15, 0.2) is 36.4 Å². The van der Waals surface area contributed by atoms with Gasteiger partial charge >= 0.3 is 0 Å². The van der Waals surface area contributed by atoms with E-state index in [1.54, 1.807) is 36.4 Å². The molecule has 4 rings (SSSR count). The van der Waals surface area contributed by atoms with Gasteiger partial charge < -0.3 is 5.11 Å². The molecule has 2 aromatic carbocycles. The maximum atomic E-state index is 12.8. The molecule has 0 aliphatic heterocycles. The van der Waals surface area contributed by atoms with Crippen LogP contribution in [0.3, 0.4) is 0 Å². The van der Waals surface area contributed by atoms with Gasteiger partial charge in [0.15, 0.2) is 17.3 Å². The number of Topliss-reactive ketones (excluding diaryl/α,β-unsaturated/α-hetero) is 1. The van der Waals surface area contributed by atoms with Crippen LogP contribution in [0.1, 0.15) is 56.3 Å². The van der Waals surface area contributed by atoms with Crippen LogP contribution in [0, 0.1) is 0 Å². The monoisotopic (exact) mass is 320 g/mol. The van der Waals surface area contributed by atoms with Crippen LogP contribution in [-0.4, -0.2) is 28.1 Å². The molecule has 4 heteroatoms. The fourth-order valence-corrected chi connectivity index (χ4v) is 3.68. The first-order chi connectivity index (χ1) is 11.4. The van der Waals surface area contributed by atoms with Gasteiger partial charge in [0.05, 0.1) is 0 Å². The summed E-state index contributed by atoms with van der Waals surface area (Å²) in [5, 5.41) is 10.5. The van der Waals surface area contributed by atoms with Crippen LogP contribution in [0.5, 0.6) is 0 Å². The molecule has 0 spiro atoms. The van der Waals surface area contributed by atoms with Gasteiger partial charge in [-0.05, 0) is 43.0 Å². The van der Waals surface area contributed by atoms with Gasteiger partial charge in [0, 0.05) is 28.7 Å². The second-order valence-electron chi connectivity index (χ2n) is 6.63. The molecule has 0 radical (unpaired) electrons. The van der Waals surface area contributed by atoms with Crippen molar-refractivity contribution in [3.05, 3.63) is 69.8 Å². The third kappa shape index (κ3) is 2.00. The number of hydrogen-bond donors (Lipinski definition) is 1. The van der Waals surface area contributed by atoms with Gasteiger partial charge in [-0.2, -0.15) is 0 Å². The van der Waals surface area contributed by atoms with E-state index in [9.17, 15) is 19.5 Å². The van der Waals surface area contributed by atoms with Crippen LogP contribution >= 0.6 is 0 Å². The molecule has 0 saturated heterocycles. The molecule has 0 saturated carbocycles. The second kappa shape index (κ2) is 4.95. The summed E-state index contributed by atoms with van der Waals surface area (Å²) in [6, 6.07) is 10.3. The first kappa shape index (κ1) is 15.0. The number of carbonyl (C=O) groups is 3. The molecule has 1 N–H and O–H groups in total. The van der Waals surface area contributed by atoms with Gasteiger partial charge in [-0.1, -0.05) is 24.3 Å². The molecular formula is C20H16O4. The van der Waals surface area contributed by atoms with Gasteiger partial charge in [0.2, 0.25) is 0 Å². The molecule has 1 atom stereocenters. The number of aryl methyl sites for hydroxylation is 1. The van der Waals surface area contributed by atoms with Crippen LogP contribution in [0.4, 0.5) is 0 Å². The molecule has 4 nitrogen and oxygen atoms in total. The third-order valence-electron chi connectivity index (χ3n) is 5.19. The van der Waals surface area contributed by atoms with Crippen molar-refractivity contribution in [2.75, 3.05) is 0 Å². The van der Waals surface area contributed by atoms with Crippen LogP contribution in [-0.2, 0) is 17.6 Å². The number of benzene rings is 2. The zero-order valence-electron chi connectivity index (χ0n) is 13.3. The number of fused-ring (bicyclic) bond motifs is 3. The Kier molecular flexibility index (Phi) is 3.09.